The van der Waals surface area contributed by atoms with Crippen LogP contribution in [0.4, 0.5) is 0 Å². The van der Waals surface area contributed by atoms with Gasteiger partial charge in [0.15, 0.2) is 46.9 Å². The maximum Gasteiger partial charge on any atom is 0.316 e. The van der Waals surface area contributed by atoms with E-state index < -0.39 is 83.0 Å². The van der Waals surface area contributed by atoms with Crippen molar-refractivity contribution >= 4 is 28.4 Å². The molecular formula is C54H86O14Si2. The Bertz CT molecular complexity index is 2010. The summed E-state index contributed by atoms with van der Waals surface area (Å²) < 4.78 is 79.6. The van der Waals surface area contributed by atoms with Gasteiger partial charge in [0.2, 0.25) is 0 Å². The summed E-state index contributed by atoms with van der Waals surface area (Å²) >= 11 is 0. The molecule has 4 fully saturated rings. The minimum atomic E-state index is -2.47. The van der Waals surface area contributed by atoms with E-state index in [9.17, 15) is 9.59 Å². The number of ether oxygens (including phenoxy) is 10. The highest BCUT2D eigenvalue weighted by Gasteiger charge is 2.63. The van der Waals surface area contributed by atoms with Crippen LogP contribution in [0.2, 0.25) is 39.3 Å². The van der Waals surface area contributed by atoms with Crippen molar-refractivity contribution in [2.45, 2.75) is 224 Å². The van der Waals surface area contributed by atoms with E-state index in [1.807, 2.05) is 32.1 Å². The number of allylic oxidation sites excluding steroid dienone is 2. The van der Waals surface area contributed by atoms with Gasteiger partial charge in [0.1, 0.15) is 23.7 Å². The molecule has 0 saturated carbocycles. The smallest absolute Gasteiger partial charge is 0.316 e. The third-order valence-electron chi connectivity index (χ3n) is 15.2. The number of methoxy groups -OCH3 is 2. The van der Waals surface area contributed by atoms with Crippen molar-refractivity contribution in [1.82, 2.24) is 0 Å². The second-order valence-electron chi connectivity index (χ2n) is 23.2. The van der Waals surface area contributed by atoms with Gasteiger partial charge in [0, 0.05) is 51.7 Å². The highest BCUT2D eigenvalue weighted by molar-refractivity contribution is 6.70. The van der Waals surface area contributed by atoms with Crippen molar-refractivity contribution in [2.75, 3.05) is 20.8 Å². The van der Waals surface area contributed by atoms with Gasteiger partial charge in [-0.1, -0.05) is 70.6 Å². The van der Waals surface area contributed by atoms with Crippen LogP contribution < -0.4 is 0 Å². The normalized spacial score (nSPS) is 44.4. The molecule has 4 saturated heterocycles. The number of hydrogen-bond donors (Lipinski definition) is 0. The maximum absolute atomic E-state index is 14.9. The Labute approximate surface area is 420 Å². The molecule has 0 amide bonds. The SMILES string of the molecule is CC[C@H](C)[C@H]1O[C@]2(C=C[C@@H]1C)C[C@@H]1C[C@@H](C/C=C(\C)[C@@H](O[C@H]3C[C@H](OC)[C@@H](O[C@H]4C[C@H](OC)[C@@H](O[Si](C)(C)C)[C@H](C)O4)[C@H](C)O3)[C@@H](C)/C=C/C=C3\CO[C@@H]4C(=O)C(C)=C[C@@H](C(=O)O1)[C@]34O[Si](C)(C)C)O2. The summed E-state index contributed by atoms with van der Waals surface area (Å²) in [6.45, 7) is 29.4. The van der Waals surface area contributed by atoms with Gasteiger partial charge in [-0.15, -0.1) is 0 Å². The molecule has 7 rings (SSSR count). The first-order chi connectivity index (χ1) is 32.9. The van der Waals surface area contributed by atoms with Crippen LogP contribution in [-0.2, 0) is 65.8 Å². The van der Waals surface area contributed by atoms with Gasteiger partial charge in [-0.25, -0.2) is 0 Å². The van der Waals surface area contributed by atoms with Crippen molar-refractivity contribution < 1.29 is 65.8 Å². The van der Waals surface area contributed by atoms with E-state index in [1.54, 1.807) is 27.2 Å². The number of hydrogen-bond acceptors (Lipinski definition) is 14. The first-order valence-electron chi connectivity index (χ1n) is 26.1. The first-order valence-corrected chi connectivity index (χ1v) is 32.9. The zero-order valence-corrected chi connectivity index (χ0v) is 47.0. The van der Waals surface area contributed by atoms with Crippen LogP contribution in [0.25, 0.3) is 0 Å². The minimum absolute atomic E-state index is 0.0836. The van der Waals surface area contributed by atoms with Crippen LogP contribution in [0, 0.1) is 23.7 Å². The third kappa shape index (κ3) is 12.3. The van der Waals surface area contributed by atoms with Gasteiger partial charge in [-0.05, 0) is 102 Å². The van der Waals surface area contributed by atoms with Crippen molar-refractivity contribution in [3.8, 4) is 0 Å². The second kappa shape index (κ2) is 22.4. The Hall–Kier alpha value is -2.17. The Morgan fingerprint density at radius 3 is 2.11 bits per heavy atom. The lowest BCUT2D eigenvalue weighted by Gasteiger charge is -2.48. The number of ketones is 1. The predicted molar refractivity (Wildman–Crippen MR) is 271 cm³/mol. The standard InChI is InChI=1S/C54H86O14Si2/c1-17-31(2)48-34(5)23-24-53(66-48)29-40-26-39(65-53)22-21-33(4)47(32(3)19-18-20-38-30-59-51-46(55)35(6)25-41(52(56)62-40)54(38,51)68-70(14,15)16)63-44-27-42(57-9)49(36(7)60-44)64-45-28-43(58-10)50(37(8)61-45)67-69(11,12)13/h18-21,23-25,31-32,34,36-37,39-45,47-51H,17,22,26-30H2,1-16H3/b19-18+,33-21+,38-20+/t31-,32-,34-,36-,37-,39+,40-,41-,42-,43-,44-,45-,47-,48+,49-,50-,51+,53+,54+/m0/s1. The van der Waals surface area contributed by atoms with E-state index in [1.165, 1.54) is 0 Å². The molecule has 0 N–H and O–H groups in total. The number of fused-ring (bicyclic) bond motifs is 2. The van der Waals surface area contributed by atoms with Gasteiger partial charge in [0.25, 0.3) is 0 Å². The molecule has 0 radical (unpaired) electrons. The fourth-order valence-corrected chi connectivity index (χ4v) is 14.2. The van der Waals surface area contributed by atoms with Crippen LogP contribution in [0.1, 0.15) is 93.9 Å². The Morgan fingerprint density at radius 2 is 1.47 bits per heavy atom. The molecule has 0 aromatic heterocycles. The van der Waals surface area contributed by atoms with E-state index in [4.69, 9.17) is 56.2 Å². The molecule has 16 heteroatoms. The van der Waals surface area contributed by atoms with Gasteiger partial charge < -0.3 is 56.2 Å². The quantitative estimate of drug-likeness (QED) is 0.104. The molecular weight excluding hydrogens is 929 g/mol. The van der Waals surface area contributed by atoms with Crippen molar-refractivity contribution in [1.29, 1.82) is 0 Å². The summed E-state index contributed by atoms with van der Waals surface area (Å²) in [5, 5.41) is 0. The molecule has 1 aliphatic carbocycles. The largest absolute Gasteiger partial charge is 0.462 e. The van der Waals surface area contributed by atoms with E-state index in [0.717, 1.165) is 17.6 Å². The molecule has 6 aliphatic heterocycles. The number of rotatable bonds is 12. The van der Waals surface area contributed by atoms with Gasteiger partial charge in [-0.2, -0.15) is 0 Å². The Kier molecular flexibility index (Phi) is 17.7. The highest BCUT2D eigenvalue weighted by atomic mass is 28.4. The highest BCUT2D eigenvalue weighted by Crippen LogP contribution is 2.49. The fraction of sp³-hybridized carbons (Fsp3) is 0.778. The topological polar surface area (TPSA) is 145 Å². The summed E-state index contributed by atoms with van der Waals surface area (Å²) in [7, 11) is -0.920. The number of Topliss-reactive ketones (excluding diaryl/α,β-unsaturated/α-hetero) is 1. The molecule has 1 spiro atoms. The van der Waals surface area contributed by atoms with Crippen LogP contribution in [-0.4, -0.2) is 140 Å². The lowest BCUT2D eigenvalue weighted by Crippen LogP contribution is -2.61. The average Bonchev–Trinajstić information content (AvgIpc) is 3.64. The zero-order valence-electron chi connectivity index (χ0n) is 45.0. The van der Waals surface area contributed by atoms with Gasteiger partial charge in [0.05, 0.1) is 55.4 Å². The Morgan fingerprint density at radius 1 is 0.814 bits per heavy atom. The summed E-state index contributed by atoms with van der Waals surface area (Å²) in [5.41, 5.74) is 0.784. The zero-order chi connectivity index (χ0) is 51.1. The van der Waals surface area contributed by atoms with E-state index in [2.05, 4.69) is 92.1 Å². The average molecular weight is 1020 g/mol. The lowest BCUT2D eigenvalue weighted by atomic mass is 9.71. The van der Waals surface area contributed by atoms with Crippen molar-refractivity contribution in [3.05, 3.63) is 59.3 Å². The molecule has 0 unspecified atom stereocenters. The number of esters is 1. The summed E-state index contributed by atoms with van der Waals surface area (Å²) in [6, 6.07) is 0. The molecule has 14 nitrogen and oxygen atoms in total. The molecule has 0 aromatic carbocycles. The predicted octanol–water partition coefficient (Wildman–Crippen LogP) is 9.30. The molecule has 6 heterocycles. The van der Waals surface area contributed by atoms with E-state index >= 15 is 0 Å². The van der Waals surface area contributed by atoms with Crippen LogP contribution in [0.15, 0.2) is 59.3 Å². The fourth-order valence-electron chi connectivity index (χ4n) is 11.6. The van der Waals surface area contributed by atoms with E-state index in [-0.39, 0.29) is 66.8 Å². The van der Waals surface area contributed by atoms with Crippen LogP contribution in [0.3, 0.4) is 0 Å². The van der Waals surface area contributed by atoms with Gasteiger partial charge >= 0.3 is 5.97 Å². The number of carbonyl (C=O) groups excluding carboxylic acids is 2. The molecule has 2 bridgehead atoms. The summed E-state index contributed by atoms with van der Waals surface area (Å²) in [6.07, 6.45) is 12.0. The maximum atomic E-state index is 14.9. The number of carbonyl (C=O) groups is 2. The third-order valence-corrected chi connectivity index (χ3v) is 17.1. The first kappa shape index (κ1) is 55.6. The molecule has 70 heavy (non-hydrogen) atoms. The van der Waals surface area contributed by atoms with Gasteiger partial charge in [-0.3, -0.25) is 9.59 Å². The minimum Gasteiger partial charge on any atom is -0.462 e. The molecule has 0 aromatic rings. The Balaban J connectivity index is 1.20. The van der Waals surface area contributed by atoms with E-state index in [0.29, 0.717) is 37.7 Å². The van der Waals surface area contributed by atoms with Crippen molar-refractivity contribution in [2.24, 2.45) is 23.7 Å². The van der Waals surface area contributed by atoms with Crippen LogP contribution >= 0.6 is 0 Å². The molecule has 394 valence electrons. The monoisotopic (exact) mass is 1010 g/mol. The summed E-state index contributed by atoms with van der Waals surface area (Å²) in [4.78, 5) is 29.0. The van der Waals surface area contributed by atoms with Crippen LogP contribution in [0.5, 0.6) is 0 Å². The van der Waals surface area contributed by atoms with Crippen molar-refractivity contribution in [3.63, 3.8) is 0 Å². The molecule has 7 aliphatic rings. The second-order valence-corrected chi connectivity index (χ2v) is 32.0. The molecule has 19 atom stereocenters. The summed E-state index contributed by atoms with van der Waals surface area (Å²) in [5.74, 6) is -2.38. The lowest BCUT2D eigenvalue weighted by molar-refractivity contribution is -0.317.